The Morgan fingerprint density at radius 1 is 1.17 bits per heavy atom. The normalized spacial score (nSPS) is 14.9. The number of carbonyl (C=O) groups excluding carboxylic acids is 1. The highest BCUT2D eigenvalue weighted by atomic mass is 32.2. The number of aryl methyl sites for hydroxylation is 1. The van der Waals surface area contributed by atoms with Crippen molar-refractivity contribution in [3.05, 3.63) is 64.4 Å². The minimum absolute atomic E-state index is 0.220. The van der Waals surface area contributed by atoms with E-state index >= 15 is 0 Å². The zero-order chi connectivity index (χ0) is 25.1. The van der Waals surface area contributed by atoms with Crippen LogP contribution in [-0.4, -0.2) is 40.6 Å². The molecule has 1 aliphatic heterocycles. The van der Waals surface area contributed by atoms with E-state index in [1.807, 2.05) is 57.2 Å². The van der Waals surface area contributed by atoms with Crippen molar-refractivity contribution in [2.75, 3.05) is 30.6 Å². The molecule has 0 bridgehead atoms. The van der Waals surface area contributed by atoms with E-state index in [1.54, 1.807) is 30.7 Å². The van der Waals surface area contributed by atoms with Crippen molar-refractivity contribution in [1.29, 1.82) is 0 Å². The standard InChI is InChI=1S/C26H31N5O3S/c1-7-13-35-26-29-25-27-17(4)22(24(32)28-20-10-8-9-15(2)16(20)3)23(31(25)30-26)19-14-18(33-5)11-12-21(19)34-6/h8-12,14,23H,7,13H2,1-6H3,(H,28,32)(H,27,29,30). The van der Waals surface area contributed by atoms with Crippen molar-refractivity contribution in [2.45, 2.75) is 45.3 Å². The van der Waals surface area contributed by atoms with Gasteiger partial charge in [0, 0.05) is 22.7 Å². The zero-order valence-corrected chi connectivity index (χ0v) is 21.7. The second-order valence-electron chi connectivity index (χ2n) is 8.39. The molecule has 2 aromatic carbocycles. The number of thioether (sulfide) groups is 1. The molecule has 8 nitrogen and oxygen atoms in total. The van der Waals surface area contributed by atoms with Gasteiger partial charge in [-0.05, 0) is 62.6 Å². The van der Waals surface area contributed by atoms with Crippen LogP contribution in [0, 0.1) is 13.8 Å². The first-order valence-corrected chi connectivity index (χ1v) is 12.5. The zero-order valence-electron chi connectivity index (χ0n) is 20.9. The molecule has 184 valence electrons. The Bertz CT molecular complexity index is 1280. The molecule has 0 aliphatic carbocycles. The van der Waals surface area contributed by atoms with Crippen LogP contribution < -0.4 is 20.1 Å². The summed E-state index contributed by atoms with van der Waals surface area (Å²) in [4.78, 5) is 18.5. The number of aromatic nitrogens is 3. The number of amides is 1. The molecule has 1 amide bonds. The Kier molecular flexibility index (Phi) is 7.35. The maximum absolute atomic E-state index is 13.8. The molecule has 2 heterocycles. The van der Waals surface area contributed by atoms with E-state index < -0.39 is 6.04 Å². The third kappa shape index (κ3) is 4.86. The number of fused-ring (bicyclic) bond motifs is 1. The second-order valence-corrected chi connectivity index (χ2v) is 9.45. The lowest BCUT2D eigenvalue weighted by atomic mass is 9.93. The average molecular weight is 494 g/mol. The van der Waals surface area contributed by atoms with E-state index in [2.05, 4.69) is 22.5 Å². The quantitative estimate of drug-likeness (QED) is 0.409. The number of anilines is 2. The van der Waals surface area contributed by atoms with Crippen molar-refractivity contribution < 1.29 is 14.3 Å². The van der Waals surface area contributed by atoms with Crippen LogP contribution in [0.5, 0.6) is 11.5 Å². The average Bonchev–Trinajstić information content (AvgIpc) is 3.26. The number of rotatable bonds is 8. The number of nitrogens with one attached hydrogen (secondary N) is 2. The Balaban J connectivity index is 1.85. The van der Waals surface area contributed by atoms with E-state index in [0.29, 0.717) is 33.9 Å². The molecular weight excluding hydrogens is 462 g/mol. The van der Waals surface area contributed by atoms with Crippen LogP contribution in [0.4, 0.5) is 11.6 Å². The number of nitrogens with zero attached hydrogens (tertiary/aromatic N) is 3. The summed E-state index contributed by atoms with van der Waals surface area (Å²) in [6.45, 7) is 8.03. The molecule has 0 saturated carbocycles. The molecule has 3 aromatic rings. The van der Waals surface area contributed by atoms with E-state index in [9.17, 15) is 4.79 Å². The van der Waals surface area contributed by atoms with Gasteiger partial charge in [0.25, 0.3) is 5.91 Å². The summed E-state index contributed by atoms with van der Waals surface area (Å²) in [6.07, 6.45) is 1.01. The van der Waals surface area contributed by atoms with Crippen LogP contribution in [0.25, 0.3) is 0 Å². The SMILES string of the molecule is CCCSc1nc2n(n1)C(c1cc(OC)ccc1OC)C(C(=O)Nc1cccc(C)c1C)=C(C)N2. The van der Waals surface area contributed by atoms with Crippen LogP contribution in [0.1, 0.15) is 43.0 Å². The Morgan fingerprint density at radius 3 is 2.69 bits per heavy atom. The van der Waals surface area contributed by atoms with Gasteiger partial charge in [-0.15, -0.1) is 5.10 Å². The number of carbonyl (C=O) groups is 1. The van der Waals surface area contributed by atoms with E-state index in [-0.39, 0.29) is 5.91 Å². The van der Waals surface area contributed by atoms with Crippen molar-refractivity contribution in [3.63, 3.8) is 0 Å². The Labute approximate surface area is 210 Å². The highest BCUT2D eigenvalue weighted by Crippen LogP contribution is 2.41. The smallest absolute Gasteiger partial charge is 0.255 e. The molecule has 0 fully saturated rings. The number of ether oxygens (including phenoxy) is 2. The van der Waals surface area contributed by atoms with Crippen LogP contribution in [0.15, 0.2) is 52.8 Å². The summed E-state index contributed by atoms with van der Waals surface area (Å²) in [5.74, 6) is 2.56. The summed E-state index contributed by atoms with van der Waals surface area (Å²) in [6, 6.07) is 10.9. The first-order valence-electron chi connectivity index (χ1n) is 11.5. The summed E-state index contributed by atoms with van der Waals surface area (Å²) in [5.41, 5.74) is 4.90. The lowest BCUT2D eigenvalue weighted by molar-refractivity contribution is -0.113. The van der Waals surface area contributed by atoms with Gasteiger partial charge in [0.1, 0.15) is 17.5 Å². The molecule has 0 spiro atoms. The van der Waals surface area contributed by atoms with Crippen LogP contribution >= 0.6 is 11.8 Å². The van der Waals surface area contributed by atoms with Gasteiger partial charge in [-0.1, -0.05) is 30.8 Å². The van der Waals surface area contributed by atoms with Crippen LogP contribution in [0.2, 0.25) is 0 Å². The van der Waals surface area contributed by atoms with Crippen LogP contribution in [-0.2, 0) is 4.79 Å². The summed E-state index contributed by atoms with van der Waals surface area (Å²) in [5, 5.41) is 11.8. The van der Waals surface area contributed by atoms with E-state index in [4.69, 9.17) is 14.6 Å². The lowest BCUT2D eigenvalue weighted by Crippen LogP contribution is -2.32. The van der Waals surface area contributed by atoms with E-state index in [1.165, 1.54) is 0 Å². The third-order valence-corrected chi connectivity index (χ3v) is 7.14. The van der Waals surface area contributed by atoms with Gasteiger partial charge in [-0.3, -0.25) is 4.79 Å². The lowest BCUT2D eigenvalue weighted by Gasteiger charge is -2.30. The second kappa shape index (κ2) is 10.4. The molecule has 0 radical (unpaired) electrons. The highest BCUT2D eigenvalue weighted by molar-refractivity contribution is 7.99. The monoisotopic (exact) mass is 493 g/mol. The van der Waals surface area contributed by atoms with Gasteiger partial charge >= 0.3 is 0 Å². The van der Waals surface area contributed by atoms with Crippen molar-refractivity contribution in [1.82, 2.24) is 14.8 Å². The maximum atomic E-state index is 13.8. The maximum Gasteiger partial charge on any atom is 0.255 e. The fraction of sp³-hybridized carbons (Fsp3) is 0.346. The molecule has 1 atom stereocenters. The molecule has 1 aliphatic rings. The number of methoxy groups -OCH3 is 2. The number of hydrogen-bond acceptors (Lipinski definition) is 7. The van der Waals surface area contributed by atoms with Crippen LogP contribution in [0.3, 0.4) is 0 Å². The van der Waals surface area contributed by atoms with Gasteiger partial charge in [0.15, 0.2) is 0 Å². The fourth-order valence-electron chi connectivity index (χ4n) is 4.10. The first-order chi connectivity index (χ1) is 16.9. The summed E-state index contributed by atoms with van der Waals surface area (Å²) in [7, 11) is 3.23. The van der Waals surface area contributed by atoms with Gasteiger partial charge in [-0.25, -0.2) is 4.68 Å². The van der Waals surface area contributed by atoms with Crippen molar-refractivity contribution in [3.8, 4) is 11.5 Å². The van der Waals surface area contributed by atoms with Crippen molar-refractivity contribution in [2.24, 2.45) is 0 Å². The fourth-order valence-corrected chi connectivity index (χ4v) is 4.78. The minimum atomic E-state index is -0.565. The molecule has 4 rings (SSSR count). The largest absolute Gasteiger partial charge is 0.497 e. The minimum Gasteiger partial charge on any atom is -0.497 e. The number of allylic oxidation sites excluding steroid dienone is 1. The summed E-state index contributed by atoms with van der Waals surface area (Å²) >= 11 is 1.59. The molecule has 35 heavy (non-hydrogen) atoms. The van der Waals surface area contributed by atoms with Gasteiger partial charge in [-0.2, -0.15) is 4.98 Å². The Hall–Kier alpha value is -3.46. The first kappa shape index (κ1) is 24.7. The van der Waals surface area contributed by atoms with Gasteiger partial charge in [0.05, 0.1) is 19.8 Å². The predicted molar refractivity (Wildman–Crippen MR) is 140 cm³/mol. The molecule has 2 N–H and O–H groups in total. The number of benzene rings is 2. The summed E-state index contributed by atoms with van der Waals surface area (Å²) < 4.78 is 13.0. The van der Waals surface area contributed by atoms with E-state index in [0.717, 1.165) is 34.6 Å². The molecule has 1 aromatic heterocycles. The van der Waals surface area contributed by atoms with Gasteiger partial charge < -0.3 is 20.1 Å². The topological polar surface area (TPSA) is 90.3 Å². The molecule has 9 heteroatoms. The van der Waals surface area contributed by atoms with Crippen molar-refractivity contribution >= 4 is 29.3 Å². The molecular formula is C26H31N5O3S. The molecule has 0 saturated heterocycles. The molecule has 1 unspecified atom stereocenters. The third-order valence-electron chi connectivity index (χ3n) is 6.10. The Morgan fingerprint density at radius 2 is 1.97 bits per heavy atom. The van der Waals surface area contributed by atoms with Gasteiger partial charge in [0.2, 0.25) is 11.1 Å². The predicted octanol–water partition coefficient (Wildman–Crippen LogP) is 5.34. The highest BCUT2D eigenvalue weighted by Gasteiger charge is 2.36. The number of hydrogen-bond donors (Lipinski definition) is 2.